The van der Waals surface area contributed by atoms with Gasteiger partial charge in [0.15, 0.2) is 0 Å². The van der Waals surface area contributed by atoms with Crippen LogP contribution in [0.5, 0.6) is 0 Å². The van der Waals surface area contributed by atoms with Gasteiger partial charge in [-0.05, 0) is 56.6 Å². The summed E-state index contributed by atoms with van der Waals surface area (Å²) in [6.45, 7) is 1.84. The van der Waals surface area contributed by atoms with Crippen molar-refractivity contribution in [3.8, 4) is 31.6 Å². The number of hydrogen-bond donors (Lipinski definition) is 4. The van der Waals surface area contributed by atoms with Crippen LogP contribution in [0.15, 0.2) is 60.8 Å². The van der Waals surface area contributed by atoms with Gasteiger partial charge in [0.25, 0.3) is 0 Å². The average Bonchev–Trinajstić information content (AvgIpc) is 3.62. The van der Waals surface area contributed by atoms with Gasteiger partial charge in [-0.1, -0.05) is 54.6 Å². The highest BCUT2D eigenvalue weighted by Crippen LogP contribution is 2.48. The van der Waals surface area contributed by atoms with Crippen molar-refractivity contribution in [1.82, 2.24) is 15.3 Å². The maximum Gasteiger partial charge on any atom is 0.136 e. The molecule has 38 heavy (non-hydrogen) atoms. The van der Waals surface area contributed by atoms with Crippen LogP contribution in [0.1, 0.15) is 56.0 Å². The van der Waals surface area contributed by atoms with E-state index in [1.54, 1.807) is 22.7 Å². The van der Waals surface area contributed by atoms with Crippen LogP contribution in [0.25, 0.3) is 31.6 Å². The first kappa shape index (κ1) is 24.6. The zero-order valence-electron chi connectivity index (χ0n) is 21.4. The Morgan fingerprint density at radius 3 is 2.26 bits per heavy atom. The minimum Gasteiger partial charge on any atom is -0.390 e. The fraction of sp³-hybridized carbons (Fsp3) is 0.400. The number of aromatic nitrogens is 2. The monoisotopic (exact) mass is 544 g/mol. The molecule has 0 spiro atoms. The van der Waals surface area contributed by atoms with E-state index in [0.29, 0.717) is 24.9 Å². The molecule has 8 heteroatoms. The summed E-state index contributed by atoms with van der Waals surface area (Å²) in [5.41, 5.74) is 8.68. The molecule has 2 saturated heterocycles. The summed E-state index contributed by atoms with van der Waals surface area (Å²) in [6, 6.07) is 19.4. The summed E-state index contributed by atoms with van der Waals surface area (Å²) in [6.07, 6.45) is 6.71. The van der Waals surface area contributed by atoms with E-state index in [1.807, 2.05) is 31.3 Å². The summed E-state index contributed by atoms with van der Waals surface area (Å²) in [5, 5.41) is 27.1. The molecule has 2 unspecified atom stereocenters. The Balaban J connectivity index is 1.23. The minimum atomic E-state index is -0.859. The van der Waals surface area contributed by atoms with E-state index in [0.717, 1.165) is 67.8 Å². The topological polar surface area (TPSA) is 104 Å². The lowest BCUT2D eigenvalue weighted by atomic mass is 9.63. The third-order valence-electron chi connectivity index (χ3n) is 8.41. The summed E-state index contributed by atoms with van der Waals surface area (Å²) < 4.78 is 0. The predicted octanol–water partition coefficient (Wildman–Crippen LogP) is 5.40. The highest BCUT2D eigenvalue weighted by atomic mass is 32.1. The van der Waals surface area contributed by atoms with Crippen LogP contribution >= 0.6 is 22.7 Å². The fourth-order valence-electron chi connectivity index (χ4n) is 6.76. The number of thiazole rings is 2. The molecule has 7 rings (SSSR count). The molecule has 4 heterocycles. The zero-order valence-corrected chi connectivity index (χ0v) is 23.0. The molecule has 2 aromatic carbocycles. The van der Waals surface area contributed by atoms with Crippen molar-refractivity contribution < 1.29 is 10.2 Å². The maximum absolute atomic E-state index is 11.5. The molecule has 2 aromatic heterocycles. The smallest absolute Gasteiger partial charge is 0.136 e. The van der Waals surface area contributed by atoms with Crippen LogP contribution in [0.4, 0.5) is 0 Å². The number of nitrogens with two attached hydrogens (primary N) is 1. The summed E-state index contributed by atoms with van der Waals surface area (Å²) in [7, 11) is 0. The quantitative estimate of drug-likeness (QED) is 0.268. The molecule has 1 saturated carbocycles. The maximum atomic E-state index is 11.5. The molecule has 2 atom stereocenters. The fourth-order valence-corrected chi connectivity index (χ4v) is 8.92. The van der Waals surface area contributed by atoms with Crippen molar-refractivity contribution in [2.75, 3.05) is 0 Å². The Bertz CT molecular complexity index is 1460. The molecule has 5 N–H and O–H groups in total. The first-order valence-electron chi connectivity index (χ1n) is 13.3. The SMILES string of the molecule is CC1(O)CC(N)(c2ccc(-c3nc(-c4cnc(C5(O)CC6CCC(C5)N6)s4)sc3-c3ccccc3)cc2)C1. The number of aliphatic hydroxyl groups is 2. The van der Waals surface area contributed by atoms with E-state index in [9.17, 15) is 10.2 Å². The Kier molecular flexibility index (Phi) is 5.67. The van der Waals surface area contributed by atoms with Crippen molar-refractivity contribution in [3.05, 3.63) is 71.4 Å². The van der Waals surface area contributed by atoms with Gasteiger partial charge in [-0.25, -0.2) is 9.97 Å². The van der Waals surface area contributed by atoms with Crippen LogP contribution in [0, 0.1) is 0 Å². The largest absolute Gasteiger partial charge is 0.390 e. The minimum absolute atomic E-state index is 0.379. The van der Waals surface area contributed by atoms with Crippen molar-refractivity contribution >= 4 is 22.7 Å². The molecule has 2 aliphatic heterocycles. The van der Waals surface area contributed by atoms with E-state index < -0.39 is 16.7 Å². The van der Waals surface area contributed by atoms with E-state index in [2.05, 4.69) is 41.7 Å². The third-order valence-corrected chi connectivity index (χ3v) is 10.9. The summed E-state index contributed by atoms with van der Waals surface area (Å²) >= 11 is 3.24. The van der Waals surface area contributed by atoms with Gasteiger partial charge in [0.05, 0.1) is 21.0 Å². The predicted molar refractivity (Wildman–Crippen MR) is 153 cm³/mol. The molecule has 4 aromatic rings. The second kappa shape index (κ2) is 8.78. The Morgan fingerprint density at radius 1 is 0.921 bits per heavy atom. The molecular formula is C30H32N4O2S2. The first-order chi connectivity index (χ1) is 18.2. The van der Waals surface area contributed by atoms with Crippen molar-refractivity contribution in [3.63, 3.8) is 0 Å². The lowest BCUT2D eigenvalue weighted by Crippen LogP contribution is -2.58. The molecular weight excluding hydrogens is 512 g/mol. The van der Waals surface area contributed by atoms with E-state index in [-0.39, 0.29) is 0 Å². The van der Waals surface area contributed by atoms with Gasteiger partial charge < -0.3 is 21.3 Å². The number of benzene rings is 2. The molecule has 3 aliphatic rings. The van der Waals surface area contributed by atoms with E-state index in [4.69, 9.17) is 15.7 Å². The highest BCUT2D eigenvalue weighted by Gasteiger charge is 2.49. The Morgan fingerprint density at radius 2 is 1.61 bits per heavy atom. The molecule has 6 nitrogen and oxygen atoms in total. The van der Waals surface area contributed by atoms with Crippen LogP contribution in [0.2, 0.25) is 0 Å². The molecule has 0 amide bonds. The number of hydrogen-bond acceptors (Lipinski definition) is 8. The van der Waals surface area contributed by atoms with Gasteiger partial charge in [0, 0.05) is 29.4 Å². The first-order valence-corrected chi connectivity index (χ1v) is 15.0. The number of rotatable bonds is 5. The third kappa shape index (κ3) is 4.24. The average molecular weight is 545 g/mol. The highest BCUT2D eigenvalue weighted by molar-refractivity contribution is 7.23. The van der Waals surface area contributed by atoms with Crippen LogP contribution in [0.3, 0.4) is 0 Å². The van der Waals surface area contributed by atoms with Crippen LogP contribution < -0.4 is 11.1 Å². The number of fused-ring (bicyclic) bond motifs is 2. The normalized spacial score (nSPS) is 32.3. The molecule has 0 radical (unpaired) electrons. The number of nitrogens with zero attached hydrogens (tertiary/aromatic N) is 2. The lowest BCUT2D eigenvalue weighted by Gasteiger charge is -2.49. The Labute approximate surface area is 230 Å². The van der Waals surface area contributed by atoms with Gasteiger partial charge in [0.2, 0.25) is 0 Å². The van der Waals surface area contributed by atoms with Crippen molar-refractivity contribution in [2.45, 2.75) is 74.3 Å². The second-order valence-corrected chi connectivity index (χ2v) is 13.8. The van der Waals surface area contributed by atoms with Crippen LogP contribution in [-0.4, -0.2) is 37.9 Å². The van der Waals surface area contributed by atoms with Crippen molar-refractivity contribution in [2.24, 2.45) is 5.73 Å². The van der Waals surface area contributed by atoms with E-state index in [1.165, 1.54) is 0 Å². The van der Waals surface area contributed by atoms with Gasteiger partial charge >= 0.3 is 0 Å². The standard InChI is InChI=1S/C30H32N4O2S2/c1-28(35)16-29(31,17-28)20-9-7-18(8-10-20)24-25(19-5-3-2-4-6-19)38-26(34-24)23-15-32-27(37-23)30(36)13-21-11-12-22(14-30)33-21/h2-10,15,21-22,33,35-36H,11-14,16-17,31H2,1H3. The number of nitrogens with one attached hydrogen (secondary N) is 1. The molecule has 196 valence electrons. The summed E-state index contributed by atoms with van der Waals surface area (Å²) in [5.74, 6) is 0. The van der Waals surface area contributed by atoms with Gasteiger partial charge in [-0.15, -0.1) is 22.7 Å². The van der Waals surface area contributed by atoms with Gasteiger partial charge in [0.1, 0.15) is 15.6 Å². The lowest BCUT2D eigenvalue weighted by molar-refractivity contribution is -0.0738. The molecule has 3 fully saturated rings. The van der Waals surface area contributed by atoms with Crippen LogP contribution in [-0.2, 0) is 11.1 Å². The molecule has 2 bridgehead atoms. The number of piperidine rings is 1. The zero-order chi connectivity index (χ0) is 26.1. The Hall–Kier alpha value is -2.46. The van der Waals surface area contributed by atoms with Gasteiger partial charge in [-0.2, -0.15) is 0 Å². The summed E-state index contributed by atoms with van der Waals surface area (Å²) in [4.78, 5) is 11.9. The van der Waals surface area contributed by atoms with Crippen molar-refractivity contribution in [1.29, 1.82) is 0 Å². The second-order valence-electron chi connectivity index (χ2n) is 11.8. The molecule has 1 aliphatic carbocycles. The van der Waals surface area contributed by atoms with Gasteiger partial charge in [-0.3, -0.25) is 0 Å². The van der Waals surface area contributed by atoms with E-state index >= 15 is 0 Å².